The fourth-order valence-electron chi connectivity index (χ4n) is 2.07. The first-order chi connectivity index (χ1) is 11.6. The van der Waals surface area contributed by atoms with Crippen molar-refractivity contribution in [1.29, 1.82) is 0 Å². The first-order valence-corrected chi connectivity index (χ1v) is 8.39. The molecule has 2 aromatic rings. The summed E-state index contributed by atoms with van der Waals surface area (Å²) >= 11 is 3.45. The van der Waals surface area contributed by atoms with Crippen LogP contribution in [0.5, 0.6) is 17.2 Å². The number of rotatable bonds is 8. The van der Waals surface area contributed by atoms with Crippen LogP contribution in [0.3, 0.4) is 0 Å². The zero-order valence-electron chi connectivity index (χ0n) is 13.7. The molecule has 0 aromatic heterocycles. The molecule has 0 radical (unpaired) electrons. The number of ether oxygens (including phenoxy) is 3. The second-order valence-corrected chi connectivity index (χ2v) is 5.87. The van der Waals surface area contributed by atoms with Crippen molar-refractivity contribution >= 4 is 22.1 Å². The van der Waals surface area contributed by atoms with Gasteiger partial charge in [-0.05, 0) is 54.0 Å². The normalized spacial score (nSPS) is 10.8. The third-order valence-corrected chi connectivity index (χ3v) is 3.75. The Bertz CT molecular complexity index is 686. The molecule has 0 atom stereocenters. The van der Waals surface area contributed by atoms with Crippen molar-refractivity contribution in [3.8, 4) is 17.2 Å². The van der Waals surface area contributed by atoms with Gasteiger partial charge in [-0.3, -0.25) is 0 Å². The highest BCUT2D eigenvalue weighted by atomic mass is 79.9. The van der Waals surface area contributed by atoms with E-state index < -0.39 is 0 Å². The van der Waals surface area contributed by atoms with Crippen LogP contribution >= 0.6 is 15.9 Å². The highest BCUT2D eigenvalue weighted by molar-refractivity contribution is 9.10. The fourth-order valence-corrected chi connectivity index (χ4v) is 2.64. The van der Waals surface area contributed by atoms with Gasteiger partial charge in [0.25, 0.3) is 0 Å². The standard InChI is InChI=1S/C18H20BrNO4/c1-3-22-17-11-14(12-20-21)10-16(19)18(17)24-9-8-23-15-6-4-13(2)5-7-15/h4-7,10-12,21H,3,8-9H2,1-2H3. The maximum Gasteiger partial charge on any atom is 0.175 e. The summed E-state index contributed by atoms with van der Waals surface area (Å²) in [5.74, 6) is 1.99. The molecule has 0 aliphatic heterocycles. The van der Waals surface area contributed by atoms with Crippen molar-refractivity contribution in [2.45, 2.75) is 13.8 Å². The van der Waals surface area contributed by atoms with Crippen LogP contribution in [-0.2, 0) is 0 Å². The SMILES string of the molecule is CCOc1cc(C=NO)cc(Br)c1OCCOc1ccc(C)cc1. The third kappa shape index (κ3) is 5.16. The molecule has 0 fully saturated rings. The third-order valence-electron chi connectivity index (χ3n) is 3.16. The molecule has 0 aliphatic carbocycles. The van der Waals surface area contributed by atoms with Crippen molar-refractivity contribution in [3.05, 3.63) is 52.0 Å². The lowest BCUT2D eigenvalue weighted by molar-refractivity contribution is 0.207. The monoisotopic (exact) mass is 393 g/mol. The molecule has 128 valence electrons. The quantitative estimate of drug-likeness (QED) is 0.312. The summed E-state index contributed by atoms with van der Waals surface area (Å²) in [6, 6.07) is 11.4. The van der Waals surface area contributed by atoms with Crippen LogP contribution in [0.15, 0.2) is 46.0 Å². The maximum absolute atomic E-state index is 8.66. The Labute approximate surface area is 150 Å². The summed E-state index contributed by atoms with van der Waals surface area (Å²) in [5.41, 5.74) is 1.89. The lowest BCUT2D eigenvalue weighted by Crippen LogP contribution is -2.10. The van der Waals surface area contributed by atoms with E-state index in [0.29, 0.717) is 36.9 Å². The van der Waals surface area contributed by atoms with Gasteiger partial charge in [0.05, 0.1) is 17.3 Å². The van der Waals surface area contributed by atoms with E-state index in [9.17, 15) is 0 Å². The summed E-state index contributed by atoms with van der Waals surface area (Å²) in [6.07, 6.45) is 1.33. The molecule has 6 heteroatoms. The summed E-state index contributed by atoms with van der Waals surface area (Å²) in [6.45, 7) is 5.22. The van der Waals surface area contributed by atoms with E-state index in [1.807, 2.05) is 38.1 Å². The molecule has 0 amide bonds. The van der Waals surface area contributed by atoms with Gasteiger partial charge in [0.15, 0.2) is 11.5 Å². The van der Waals surface area contributed by atoms with Gasteiger partial charge in [-0.25, -0.2) is 0 Å². The Morgan fingerprint density at radius 3 is 2.46 bits per heavy atom. The van der Waals surface area contributed by atoms with Gasteiger partial charge in [-0.1, -0.05) is 22.9 Å². The first kappa shape index (κ1) is 18.1. The predicted molar refractivity (Wildman–Crippen MR) is 96.9 cm³/mol. The predicted octanol–water partition coefficient (Wildman–Crippen LogP) is 4.42. The second kappa shape index (κ2) is 9.17. The Kier molecular flexibility index (Phi) is 6.93. The number of hydrogen-bond donors (Lipinski definition) is 1. The Balaban J connectivity index is 1.99. The number of benzene rings is 2. The molecule has 5 nitrogen and oxygen atoms in total. The summed E-state index contributed by atoms with van der Waals surface area (Å²) in [4.78, 5) is 0. The molecular weight excluding hydrogens is 374 g/mol. The molecule has 0 bridgehead atoms. The molecular formula is C18H20BrNO4. The van der Waals surface area contributed by atoms with Gasteiger partial charge in [0.1, 0.15) is 19.0 Å². The summed E-state index contributed by atoms with van der Waals surface area (Å²) in [5, 5.41) is 11.7. The van der Waals surface area contributed by atoms with Crippen LogP contribution in [0, 0.1) is 6.92 Å². The highest BCUT2D eigenvalue weighted by Crippen LogP contribution is 2.36. The molecule has 0 heterocycles. The molecule has 2 aromatic carbocycles. The zero-order valence-corrected chi connectivity index (χ0v) is 15.2. The molecule has 0 spiro atoms. The average molecular weight is 394 g/mol. The molecule has 0 saturated carbocycles. The molecule has 0 aliphatic rings. The van der Waals surface area contributed by atoms with Crippen LogP contribution in [0.25, 0.3) is 0 Å². The molecule has 2 rings (SSSR count). The van der Waals surface area contributed by atoms with Crippen molar-refractivity contribution in [2.75, 3.05) is 19.8 Å². The van der Waals surface area contributed by atoms with Crippen LogP contribution in [0.1, 0.15) is 18.1 Å². The Morgan fingerprint density at radius 1 is 1.08 bits per heavy atom. The van der Waals surface area contributed by atoms with Gasteiger partial charge in [0, 0.05) is 5.56 Å². The van der Waals surface area contributed by atoms with Gasteiger partial charge in [-0.15, -0.1) is 0 Å². The van der Waals surface area contributed by atoms with Gasteiger partial charge < -0.3 is 19.4 Å². The zero-order chi connectivity index (χ0) is 17.4. The summed E-state index contributed by atoms with van der Waals surface area (Å²) in [7, 11) is 0. The lowest BCUT2D eigenvalue weighted by Gasteiger charge is -2.15. The van der Waals surface area contributed by atoms with Crippen LogP contribution in [0.4, 0.5) is 0 Å². The van der Waals surface area contributed by atoms with Crippen LogP contribution in [-0.4, -0.2) is 31.2 Å². The van der Waals surface area contributed by atoms with E-state index in [-0.39, 0.29) is 0 Å². The lowest BCUT2D eigenvalue weighted by atomic mass is 10.2. The van der Waals surface area contributed by atoms with E-state index in [2.05, 4.69) is 21.1 Å². The Morgan fingerprint density at radius 2 is 1.79 bits per heavy atom. The van der Waals surface area contributed by atoms with E-state index in [1.54, 1.807) is 12.1 Å². The van der Waals surface area contributed by atoms with Crippen molar-refractivity contribution in [2.24, 2.45) is 5.16 Å². The molecule has 24 heavy (non-hydrogen) atoms. The minimum Gasteiger partial charge on any atom is -0.490 e. The van der Waals surface area contributed by atoms with E-state index >= 15 is 0 Å². The van der Waals surface area contributed by atoms with Crippen molar-refractivity contribution < 1.29 is 19.4 Å². The average Bonchev–Trinajstić information content (AvgIpc) is 2.55. The smallest absolute Gasteiger partial charge is 0.175 e. The van der Waals surface area contributed by atoms with E-state index in [0.717, 1.165) is 10.2 Å². The van der Waals surface area contributed by atoms with Gasteiger partial charge in [0.2, 0.25) is 0 Å². The number of aryl methyl sites for hydroxylation is 1. The van der Waals surface area contributed by atoms with Crippen LogP contribution < -0.4 is 14.2 Å². The van der Waals surface area contributed by atoms with Crippen molar-refractivity contribution in [3.63, 3.8) is 0 Å². The summed E-state index contributed by atoms with van der Waals surface area (Å²) < 4.78 is 17.8. The largest absolute Gasteiger partial charge is 0.490 e. The maximum atomic E-state index is 8.66. The Hall–Kier alpha value is -2.21. The van der Waals surface area contributed by atoms with Crippen molar-refractivity contribution in [1.82, 2.24) is 0 Å². The van der Waals surface area contributed by atoms with E-state index in [4.69, 9.17) is 19.4 Å². The van der Waals surface area contributed by atoms with Crippen LogP contribution in [0.2, 0.25) is 0 Å². The topological polar surface area (TPSA) is 60.3 Å². The number of nitrogens with zero attached hydrogens (tertiary/aromatic N) is 1. The van der Waals surface area contributed by atoms with E-state index in [1.165, 1.54) is 11.8 Å². The number of oxime groups is 1. The first-order valence-electron chi connectivity index (χ1n) is 7.60. The fraction of sp³-hybridized carbons (Fsp3) is 0.278. The minimum atomic E-state index is 0.375. The number of halogens is 1. The molecule has 0 saturated heterocycles. The molecule has 0 unspecified atom stereocenters. The molecule has 1 N–H and O–H groups in total. The minimum absolute atomic E-state index is 0.375. The highest BCUT2D eigenvalue weighted by Gasteiger charge is 2.12. The van der Waals surface area contributed by atoms with Gasteiger partial charge >= 0.3 is 0 Å². The van der Waals surface area contributed by atoms with Gasteiger partial charge in [-0.2, -0.15) is 0 Å². The number of hydrogen-bond acceptors (Lipinski definition) is 5. The second-order valence-electron chi connectivity index (χ2n) is 5.02.